The minimum Gasteiger partial charge on any atom is -0.363 e. The summed E-state index contributed by atoms with van der Waals surface area (Å²) in [6, 6.07) is 5.51. The van der Waals surface area contributed by atoms with Crippen molar-refractivity contribution < 1.29 is 12.8 Å². The van der Waals surface area contributed by atoms with E-state index >= 15 is 0 Å². The number of rotatable bonds is 3. The molecule has 1 aromatic carbocycles. The first-order chi connectivity index (χ1) is 12.4. The second kappa shape index (κ2) is 6.13. The monoisotopic (exact) mass is 373 g/mol. The van der Waals surface area contributed by atoms with E-state index in [2.05, 4.69) is 9.71 Å². The molecule has 1 spiro atoms. The zero-order chi connectivity index (χ0) is 18.4. The van der Waals surface area contributed by atoms with Gasteiger partial charge < -0.3 is 4.98 Å². The largest absolute Gasteiger partial charge is 0.363 e. The van der Waals surface area contributed by atoms with Gasteiger partial charge in [0.15, 0.2) is 0 Å². The molecule has 2 aromatic rings. The molecular weight excluding hydrogens is 353 g/mol. The highest BCUT2D eigenvalue weighted by molar-refractivity contribution is 7.92. The summed E-state index contributed by atoms with van der Waals surface area (Å²) in [4.78, 5) is 3.34. The first-order valence-electron chi connectivity index (χ1n) is 8.84. The van der Waals surface area contributed by atoms with Crippen molar-refractivity contribution >= 4 is 15.7 Å². The van der Waals surface area contributed by atoms with Gasteiger partial charge in [-0.15, -0.1) is 0 Å². The van der Waals surface area contributed by atoms with Crippen molar-refractivity contribution in [3.63, 3.8) is 0 Å². The summed E-state index contributed by atoms with van der Waals surface area (Å²) in [5, 5.41) is 8.80. The number of benzene rings is 1. The Morgan fingerprint density at radius 2 is 2.00 bits per heavy atom. The predicted octanol–water partition coefficient (Wildman–Crippen LogP) is 3.88. The predicted molar refractivity (Wildman–Crippen MR) is 95.6 cm³/mol. The highest BCUT2D eigenvalue weighted by atomic mass is 32.2. The lowest BCUT2D eigenvalue weighted by molar-refractivity contribution is 0.251. The van der Waals surface area contributed by atoms with E-state index in [0.29, 0.717) is 5.41 Å². The Morgan fingerprint density at radius 3 is 2.69 bits per heavy atom. The van der Waals surface area contributed by atoms with Crippen LogP contribution in [0.4, 0.5) is 10.1 Å². The van der Waals surface area contributed by atoms with Crippen LogP contribution in [0.1, 0.15) is 48.9 Å². The number of nitriles is 1. The third-order valence-electron chi connectivity index (χ3n) is 5.79. The van der Waals surface area contributed by atoms with E-state index in [1.54, 1.807) is 0 Å². The highest BCUT2D eigenvalue weighted by Gasteiger charge is 2.39. The molecule has 5 nitrogen and oxygen atoms in total. The third-order valence-corrected chi connectivity index (χ3v) is 7.22. The summed E-state index contributed by atoms with van der Waals surface area (Å²) in [5.41, 5.74) is 2.14. The molecule has 7 heteroatoms. The number of nitrogens with zero attached hydrogens (tertiary/aromatic N) is 1. The number of fused-ring (bicyclic) bond motifs is 1. The van der Waals surface area contributed by atoms with Crippen molar-refractivity contribution in [3.05, 3.63) is 47.0 Å². The van der Waals surface area contributed by atoms with E-state index in [0.717, 1.165) is 36.6 Å². The van der Waals surface area contributed by atoms with Crippen LogP contribution in [-0.2, 0) is 22.9 Å². The summed E-state index contributed by atoms with van der Waals surface area (Å²) in [5.74, 6) is -0.762. The molecule has 2 aliphatic carbocycles. The molecule has 0 aliphatic heterocycles. The Kier molecular flexibility index (Phi) is 4.03. The fraction of sp³-hybridized carbons (Fsp3) is 0.421. The maximum atomic E-state index is 14.1. The second-order valence-electron chi connectivity index (χ2n) is 7.41. The van der Waals surface area contributed by atoms with Crippen molar-refractivity contribution in [3.8, 4) is 6.07 Å². The summed E-state index contributed by atoms with van der Waals surface area (Å²) in [6.45, 7) is 0. The lowest BCUT2D eigenvalue weighted by atomic mass is 9.72. The highest BCUT2D eigenvalue weighted by Crippen LogP contribution is 2.48. The lowest BCUT2D eigenvalue weighted by Gasteiger charge is -2.33. The molecule has 1 aromatic heterocycles. The lowest BCUT2D eigenvalue weighted by Crippen LogP contribution is -2.26. The van der Waals surface area contributed by atoms with Gasteiger partial charge in [0, 0.05) is 11.9 Å². The number of anilines is 1. The molecule has 1 saturated carbocycles. The van der Waals surface area contributed by atoms with Crippen molar-refractivity contribution in [2.75, 3.05) is 4.72 Å². The SMILES string of the molecule is N#Cc1ccc(NS(=O)(=O)c2c[nH]c3c2CCC2(CCCC2)C3)c(F)c1. The van der Waals surface area contributed by atoms with Crippen molar-refractivity contribution in [2.45, 2.75) is 49.8 Å². The Bertz CT molecular complexity index is 998. The number of H-pyrrole nitrogens is 1. The molecular formula is C19H20FN3O2S. The first-order valence-corrected chi connectivity index (χ1v) is 10.3. The molecule has 2 aliphatic rings. The molecule has 0 amide bonds. The van der Waals surface area contributed by atoms with Crippen LogP contribution in [0.15, 0.2) is 29.3 Å². The van der Waals surface area contributed by atoms with Crippen molar-refractivity contribution in [1.82, 2.24) is 4.98 Å². The molecule has 1 fully saturated rings. The third kappa shape index (κ3) is 2.88. The van der Waals surface area contributed by atoms with Crippen LogP contribution in [0.5, 0.6) is 0 Å². The minimum atomic E-state index is -3.89. The number of aromatic nitrogens is 1. The fourth-order valence-electron chi connectivity index (χ4n) is 4.42. The van der Waals surface area contributed by atoms with E-state index in [-0.39, 0.29) is 16.1 Å². The van der Waals surface area contributed by atoms with Crippen LogP contribution in [0.25, 0.3) is 0 Å². The molecule has 0 unspecified atom stereocenters. The van der Waals surface area contributed by atoms with Crippen LogP contribution in [0.2, 0.25) is 0 Å². The summed E-state index contributed by atoms with van der Waals surface area (Å²) >= 11 is 0. The number of halogens is 1. The maximum Gasteiger partial charge on any atom is 0.263 e. The normalized spacial score (nSPS) is 18.5. The van der Waals surface area contributed by atoms with Gasteiger partial charge in [-0.3, -0.25) is 4.72 Å². The number of nitrogens with one attached hydrogen (secondary N) is 2. The molecule has 0 bridgehead atoms. The van der Waals surface area contributed by atoms with Gasteiger partial charge in [-0.05, 0) is 61.3 Å². The zero-order valence-electron chi connectivity index (χ0n) is 14.3. The Hall–Kier alpha value is -2.33. The van der Waals surface area contributed by atoms with Gasteiger partial charge in [0.05, 0.1) is 17.3 Å². The van der Waals surface area contributed by atoms with Crippen LogP contribution in [-0.4, -0.2) is 13.4 Å². The van der Waals surface area contributed by atoms with Gasteiger partial charge in [-0.25, -0.2) is 12.8 Å². The molecule has 0 saturated heterocycles. The van der Waals surface area contributed by atoms with Gasteiger partial charge in [-0.2, -0.15) is 5.26 Å². The molecule has 26 heavy (non-hydrogen) atoms. The van der Waals surface area contributed by atoms with Crippen LogP contribution < -0.4 is 4.72 Å². The summed E-state index contributed by atoms with van der Waals surface area (Å²) < 4.78 is 42.0. The smallest absolute Gasteiger partial charge is 0.263 e. The Labute approximate surface area is 152 Å². The quantitative estimate of drug-likeness (QED) is 0.856. The van der Waals surface area contributed by atoms with Gasteiger partial charge in [-0.1, -0.05) is 12.8 Å². The topological polar surface area (TPSA) is 85.8 Å². The Balaban J connectivity index is 1.62. The molecule has 2 N–H and O–H groups in total. The average Bonchev–Trinajstić information content (AvgIpc) is 3.24. The Morgan fingerprint density at radius 1 is 1.23 bits per heavy atom. The van der Waals surface area contributed by atoms with E-state index in [1.807, 2.05) is 6.07 Å². The van der Waals surface area contributed by atoms with Crippen LogP contribution in [0.3, 0.4) is 0 Å². The molecule has 1 heterocycles. The number of aromatic amines is 1. The van der Waals surface area contributed by atoms with Gasteiger partial charge in [0.25, 0.3) is 10.0 Å². The molecule has 0 radical (unpaired) electrons. The minimum absolute atomic E-state index is 0.145. The standard InChI is InChI=1S/C19H20FN3O2S/c20-15-9-13(11-21)3-4-16(15)23-26(24,25)18-12-22-17-10-19(6-1-2-7-19)8-5-14(17)18/h3-4,9,12,22-23H,1-2,5-8,10H2. The van der Waals surface area contributed by atoms with E-state index in [9.17, 15) is 12.8 Å². The maximum absolute atomic E-state index is 14.1. The summed E-state index contributed by atoms with van der Waals surface area (Å²) in [6.07, 6.45) is 9.06. The summed E-state index contributed by atoms with van der Waals surface area (Å²) in [7, 11) is -3.89. The molecule has 136 valence electrons. The van der Waals surface area contributed by atoms with Gasteiger partial charge in [0.1, 0.15) is 10.7 Å². The second-order valence-corrected chi connectivity index (χ2v) is 9.06. The number of sulfonamides is 1. The number of hydrogen-bond acceptors (Lipinski definition) is 3. The van der Waals surface area contributed by atoms with E-state index in [4.69, 9.17) is 5.26 Å². The van der Waals surface area contributed by atoms with Crippen molar-refractivity contribution in [2.24, 2.45) is 5.41 Å². The molecule has 0 atom stereocenters. The molecule has 4 rings (SSSR count). The van der Waals surface area contributed by atoms with E-state index in [1.165, 1.54) is 44.0 Å². The van der Waals surface area contributed by atoms with Gasteiger partial charge >= 0.3 is 0 Å². The van der Waals surface area contributed by atoms with Crippen LogP contribution in [0, 0.1) is 22.6 Å². The van der Waals surface area contributed by atoms with Crippen LogP contribution >= 0.6 is 0 Å². The average molecular weight is 373 g/mol. The fourth-order valence-corrected chi connectivity index (χ4v) is 5.75. The van der Waals surface area contributed by atoms with E-state index < -0.39 is 15.8 Å². The zero-order valence-corrected chi connectivity index (χ0v) is 15.1. The van der Waals surface area contributed by atoms with Crippen molar-refractivity contribution in [1.29, 1.82) is 5.26 Å². The van der Waals surface area contributed by atoms with Gasteiger partial charge in [0.2, 0.25) is 0 Å². The number of hydrogen-bond donors (Lipinski definition) is 2. The first kappa shape index (κ1) is 17.1.